The zero-order chi connectivity index (χ0) is 17.0. The number of aromatic nitrogens is 2. The molecule has 0 fully saturated rings. The number of ether oxygens (including phenoxy) is 1. The summed E-state index contributed by atoms with van der Waals surface area (Å²) in [5.74, 6) is -0.909. The van der Waals surface area contributed by atoms with E-state index in [4.69, 9.17) is 4.74 Å². The van der Waals surface area contributed by atoms with Crippen molar-refractivity contribution < 1.29 is 14.3 Å². The molecule has 5 nitrogen and oxygen atoms in total. The molecule has 0 aliphatic heterocycles. The number of ketones is 1. The molecule has 120 valence electrons. The van der Waals surface area contributed by atoms with Gasteiger partial charge in [-0.25, -0.2) is 9.78 Å². The lowest BCUT2D eigenvalue weighted by Gasteiger charge is -2.19. The van der Waals surface area contributed by atoms with E-state index in [1.807, 2.05) is 12.1 Å². The van der Waals surface area contributed by atoms with Crippen molar-refractivity contribution in [3.8, 4) is 0 Å². The third kappa shape index (κ3) is 4.22. The standard InChI is InChI=1S/C18H20N2O3/c1-12(23-17(22)15-11-19-9-10-20-15)16(21)13-5-7-14(8-6-13)18(2,3)4/h5-12H,1-4H3/t12-/m1/s1. The van der Waals surface area contributed by atoms with Crippen molar-refractivity contribution in [1.29, 1.82) is 0 Å². The Morgan fingerprint density at radius 2 is 1.74 bits per heavy atom. The number of Topliss-reactive ketones (excluding diaryl/α,β-unsaturated/α-hetero) is 1. The first-order valence-electron chi connectivity index (χ1n) is 7.41. The van der Waals surface area contributed by atoms with Gasteiger partial charge in [-0.05, 0) is 17.9 Å². The number of hydrogen-bond donors (Lipinski definition) is 0. The van der Waals surface area contributed by atoms with Crippen LogP contribution in [0.2, 0.25) is 0 Å². The Morgan fingerprint density at radius 1 is 1.09 bits per heavy atom. The maximum Gasteiger partial charge on any atom is 0.359 e. The highest BCUT2D eigenvalue weighted by Crippen LogP contribution is 2.22. The average Bonchev–Trinajstić information content (AvgIpc) is 2.54. The number of benzene rings is 1. The smallest absolute Gasteiger partial charge is 0.359 e. The molecule has 1 aromatic heterocycles. The molecule has 0 unspecified atom stereocenters. The maximum atomic E-state index is 12.4. The first-order chi connectivity index (χ1) is 10.8. The Labute approximate surface area is 135 Å². The van der Waals surface area contributed by atoms with Crippen LogP contribution in [0.1, 0.15) is 54.1 Å². The molecule has 0 aliphatic rings. The zero-order valence-corrected chi connectivity index (χ0v) is 13.7. The van der Waals surface area contributed by atoms with E-state index >= 15 is 0 Å². The van der Waals surface area contributed by atoms with E-state index in [0.717, 1.165) is 5.56 Å². The van der Waals surface area contributed by atoms with E-state index in [1.165, 1.54) is 18.6 Å². The van der Waals surface area contributed by atoms with Gasteiger partial charge in [-0.15, -0.1) is 0 Å². The number of rotatable bonds is 4. The first kappa shape index (κ1) is 16.8. The van der Waals surface area contributed by atoms with E-state index in [1.54, 1.807) is 19.1 Å². The van der Waals surface area contributed by atoms with E-state index in [0.29, 0.717) is 5.56 Å². The fourth-order valence-electron chi connectivity index (χ4n) is 2.05. The molecule has 0 saturated carbocycles. The molecular weight excluding hydrogens is 292 g/mol. The molecule has 2 rings (SSSR count). The van der Waals surface area contributed by atoms with Crippen molar-refractivity contribution in [2.75, 3.05) is 0 Å². The average molecular weight is 312 g/mol. The summed E-state index contributed by atoms with van der Waals surface area (Å²) in [6.45, 7) is 7.87. The normalized spacial score (nSPS) is 12.5. The van der Waals surface area contributed by atoms with Gasteiger partial charge in [0.25, 0.3) is 0 Å². The third-order valence-electron chi connectivity index (χ3n) is 3.46. The number of hydrogen-bond acceptors (Lipinski definition) is 5. The summed E-state index contributed by atoms with van der Waals surface area (Å²) in [5.41, 5.74) is 1.75. The van der Waals surface area contributed by atoms with E-state index in [-0.39, 0.29) is 16.9 Å². The maximum absolute atomic E-state index is 12.4. The number of carbonyl (C=O) groups is 2. The second-order valence-electron chi connectivity index (χ2n) is 6.33. The lowest BCUT2D eigenvalue weighted by Crippen LogP contribution is -2.25. The predicted molar refractivity (Wildman–Crippen MR) is 86.4 cm³/mol. The van der Waals surface area contributed by atoms with Gasteiger partial charge in [0.1, 0.15) is 0 Å². The SMILES string of the molecule is C[C@@H](OC(=O)c1cnccn1)C(=O)c1ccc(C(C)(C)C)cc1. The molecule has 1 aromatic carbocycles. The zero-order valence-electron chi connectivity index (χ0n) is 13.7. The highest BCUT2D eigenvalue weighted by Gasteiger charge is 2.22. The van der Waals surface area contributed by atoms with Gasteiger partial charge in [0.15, 0.2) is 11.8 Å². The Morgan fingerprint density at radius 3 is 2.26 bits per heavy atom. The summed E-state index contributed by atoms with van der Waals surface area (Å²) in [6, 6.07) is 7.36. The summed E-state index contributed by atoms with van der Waals surface area (Å²) in [6.07, 6.45) is 3.28. The second kappa shape index (κ2) is 6.69. The highest BCUT2D eigenvalue weighted by molar-refractivity contribution is 6.01. The number of carbonyl (C=O) groups excluding carboxylic acids is 2. The van der Waals surface area contributed by atoms with Gasteiger partial charge < -0.3 is 4.74 Å². The van der Waals surface area contributed by atoms with Gasteiger partial charge in [0, 0.05) is 18.0 Å². The molecule has 0 saturated heterocycles. The molecule has 1 heterocycles. The molecule has 1 atom stereocenters. The van der Waals surface area contributed by atoms with Crippen molar-refractivity contribution in [1.82, 2.24) is 9.97 Å². The van der Waals surface area contributed by atoms with Gasteiger partial charge in [-0.1, -0.05) is 45.0 Å². The summed E-state index contributed by atoms with van der Waals surface area (Å²) < 4.78 is 5.16. The van der Waals surface area contributed by atoms with Crippen LogP contribution in [0.3, 0.4) is 0 Å². The van der Waals surface area contributed by atoms with Gasteiger partial charge in [0.2, 0.25) is 5.78 Å². The Kier molecular flexibility index (Phi) is 4.89. The minimum atomic E-state index is -0.884. The largest absolute Gasteiger partial charge is 0.449 e. The Bertz CT molecular complexity index is 688. The van der Waals surface area contributed by atoms with Crippen LogP contribution in [0, 0.1) is 0 Å². The second-order valence-corrected chi connectivity index (χ2v) is 6.33. The molecule has 0 spiro atoms. The molecule has 0 radical (unpaired) electrons. The van der Waals surface area contributed by atoms with Crippen molar-refractivity contribution in [2.45, 2.75) is 39.2 Å². The minimum absolute atomic E-state index is 0.0195. The topological polar surface area (TPSA) is 69.2 Å². The summed E-state index contributed by atoms with van der Waals surface area (Å²) in [4.78, 5) is 31.9. The molecule has 0 bridgehead atoms. The van der Waals surface area contributed by atoms with Crippen molar-refractivity contribution in [3.63, 3.8) is 0 Å². The third-order valence-corrected chi connectivity index (χ3v) is 3.46. The Hall–Kier alpha value is -2.56. The lowest BCUT2D eigenvalue weighted by atomic mass is 9.86. The molecule has 5 heteroatoms. The summed E-state index contributed by atoms with van der Waals surface area (Å²) in [7, 11) is 0. The number of esters is 1. The van der Waals surface area contributed by atoms with Gasteiger partial charge >= 0.3 is 5.97 Å². The molecule has 0 amide bonds. The molecule has 0 N–H and O–H groups in total. The van der Waals surface area contributed by atoms with Crippen LogP contribution in [0.5, 0.6) is 0 Å². The quantitative estimate of drug-likeness (QED) is 0.640. The van der Waals surface area contributed by atoms with E-state index in [2.05, 4.69) is 30.7 Å². The fourth-order valence-corrected chi connectivity index (χ4v) is 2.05. The Balaban J connectivity index is 2.06. The molecular formula is C18H20N2O3. The monoisotopic (exact) mass is 312 g/mol. The van der Waals surface area contributed by atoms with Crippen LogP contribution in [0.15, 0.2) is 42.9 Å². The van der Waals surface area contributed by atoms with Gasteiger partial charge in [-0.2, -0.15) is 0 Å². The number of nitrogens with zero attached hydrogens (tertiary/aromatic N) is 2. The van der Waals surface area contributed by atoms with Crippen molar-refractivity contribution in [3.05, 3.63) is 59.7 Å². The summed E-state index contributed by atoms with van der Waals surface area (Å²) >= 11 is 0. The van der Waals surface area contributed by atoms with E-state index in [9.17, 15) is 9.59 Å². The van der Waals surface area contributed by atoms with Crippen molar-refractivity contribution >= 4 is 11.8 Å². The lowest BCUT2D eigenvalue weighted by molar-refractivity contribution is 0.0312. The van der Waals surface area contributed by atoms with Gasteiger partial charge in [0.05, 0.1) is 6.20 Å². The van der Waals surface area contributed by atoms with Crippen LogP contribution >= 0.6 is 0 Å². The molecule has 23 heavy (non-hydrogen) atoms. The highest BCUT2D eigenvalue weighted by atomic mass is 16.5. The van der Waals surface area contributed by atoms with Crippen LogP contribution in [-0.4, -0.2) is 27.8 Å². The van der Waals surface area contributed by atoms with Crippen LogP contribution < -0.4 is 0 Å². The first-order valence-corrected chi connectivity index (χ1v) is 7.41. The fraction of sp³-hybridized carbons (Fsp3) is 0.333. The summed E-state index contributed by atoms with van der Waals surface area (Å²) in [5, 5.41) is 0. The van der Waals surface area contributed by atoms with Gasteiger partial charge in [-0.3, -0.25) is 9.78 Å². The van der Waals surface area contributed by atoms with E-state index < -0.39 is 12.1 Å². The molecule has 2 aromatic rings. The minimum Gasteiger partial charge on any atom is -0.449 e. The predicted octanol–water partition coefficient (Wildman–Crippen LogP) is 3.20. The molecule has 0 aliphatic carbocycles. The van der Waals surface area contributed by atoms with Crippen LogP contribution in [-0.2, 0) is 10.2 Å². The van der Waals surface area contributed by atoms with Crippen LogP contribution in [0.25, 0.3) is 0 Å². The van der Waals surface area contributed by atoms with Crippen molar-refractivity contribution in [2.24, 2.45) is 0 Å². The van der Waals surface area contributed by atoms with Crippen LogP contribution in [0.4, 0.5) is 0 Å².